The van der Waals surface area contributed by atoms with Crippen molar-refractivity contribution in [1.29, 1.82) is 0 Å². The summed E-state index contributed by atoms with van der Waals surface area (Å²) in [7, 11) is 1.93. The lowest BCUT2D eigenvalue weighted by atomic mass is 10.5. The van der Waals surface area contributed by atoms with Gasteiger partial charge in [0.05, 0.1) is 0 Å². The third-order valence-electron chi connectivity index (χ3n) is 1.06. The number of aryl methyl sites for hydroxylation is 1. The molecule has 0 bridgehead atoms. The van der Waals surface area contributed by atoms with E-state index in [1.807, 2.05) is 17.8 Å². The van der Waals surface area contributed by atoms with Crippen LogP contribution in [0.5, 0.6) is 0 Å². The van der Waals surface area contributed by atoms with Gasteiger partial charge in [-0.05, 0) is 6.07 Å². The van der Waals surface area contributed by atoms with Crippen LogP contribution in [0.4, 0.5) is 0 Å². The standard InChI is InChI=1S/C5H7BrN2.BrH/c1-8-5(4-6)2-3-7-8;/h2-3H,4H2,1H3;1H. The quantitative estimate of drug-likeness (QED) is 0.701. The Labute approximate surface area is 73.1 Å². The lowest BCUT2D eigenvalue weighted by Crippen LogP contribution is -1.93. The second-order valence-corrected chi connectivity index (χ2v) is 2.14. The third kappa shape index (κ3) is 2.10. The van der Waals surface area contributed by atoms with Crippen LogP contribution in [0.1, 0.15) is 5.69 Å². The Morgan fingerprint density at radius 1 is 1.78 bits per heavy atom. The Balaban J connectivity index is 0.000000640. The van der Waals surface area contributed by atoms with E-state index < -0.39 is 0 Å². The zero-order valence-corrected chi connectivity index (χ0v) is 8.34. The van der Waals surface area contributed by atoms with Crippen LogP contribution in [-0.2, 0) is 12.4 Å². The normalized spacial score (nSPS) is 8.67. The first kappa shape index (κ1) is 9.17. The summed E-state index contributed by atoms with van der Waals surface area (Å²) in [4.78, 5) is 0. The third-order valence-corrected chi connectivity index (χ3v) is 1.63. The van der Waals surface area contributed by atoms with E-state index in [0.717, 1.165) is 5.33 Å². The molecule has 0 aliphatic rings. The molecule has 1 rings (SSSR count). The van der Waals surface area contributed by atoms with Gasteiger partial charge in [-0.25, -0.2) is 0 Å². The summed E-state index contributed by atoms with van der Waals surface area (Å²) in [5, 5.41) is 4.85. The molecule has 2 nitrogen and oxygen atoms in total. The molecule has 0 spiro atoms. The maximum absolute atomic E-state index is 3.97. The van der Waals surface area contributed by atoms with Crippen molar-refractivity contribution in [2.45, 2.75) is 5.33 Å². The predicted octanol–water partition coefficient (Wildman–Crippen LogP) is 1.89. The van der Waals surface area contributed by atoms with Gasteiger partial charge < -0.3 is 0 Å². The van der Waals surface area contributed by atoms with Gasteiger partial charge in [-0.3, -0.25) is 4.68 Å². The highest BCUT2D eigenvalue weighted by Gasteiger charge is 1.91. The fourth-order valence-corrected chi connectivity index (χ4v) is 1.08. The molecule has 1 aromatic heterocycles. The maximum Gasteiger partial charge on any atom is 0.0492 e. The first-order valence-corrected chi connectivity index (χ1v) is 3.49. The smallest absolute Gasteiger partial charge is 0.0492 e. The van der Waals surface area contributed by atoms with E-state index in [0.29, 0.717) is 0 Å². The highest BCUT2D eigenvalue weighted by molar-refractivity contribution is 9.08. The van der Waals surface area contributed by atoms with Gasteiger partial charge >= 0.3 is 0 Å². The molecule has 52 valence electrons. The monoisotopic (exact) mass is 254 g/mol. The Hall–Kier alpha value is 0.170. The van der Waals surface area contributed by atoms with Crippen molar-refractivity contribution in [2.24, 2.45) is 7.05 Å². The van der Waals surface area contributed by atoms with Crippen LogP contribution < -0.4 is 0 Å². The molecular formula is C5H8Br2N2. The molecule has 0 aliphatic carbocycles. The molecule has 0 aliphatic heterocycles. The molecule has 0 aromatic carbocycles. The molecule has 1 heterocycles. The van der Waals surface area contributed by atoms with Crippen LogP contribution in [0.15, 0.2) is 12.3 Å². The Bertz CT molecular complexity index is 173. The molecule has 0 atom stereocenters. The van der Waals surface area contributed by atoms with E-state index in [9.17, 15) is 0 Å². The summed E-state index contributed by atoms with van der Waals surface area (Å²) < 4.78 is 1.84. The summed E-state index contributed by atoms with van der Waals surface area (Å²) in [6.07, 6.45) is 1.79. The van der Waals surface area contributed by atoms with Gasteiger partial charge in [0, 0.05) is 24.3 Å². The van der Waals surface area contributed by atoms with Crippen LogP contribution in [0.3, 0.4) is 0 Å². The van der Waals surface area contributed by atoms with E-state index in [1.54, 1.807) is 6.20 Å². The van der Waals surface area contributed by atoms with Crippen molar-refractivity contribution in [3.8, 4) is 0 Å². The van der Waals surface area contributed by atoms with E-state index in [4.69, 9.17) is 0 Å². The number of hydrogen-bond donors (Lipinski definition) is 0. The fraction of sp³-hybridized carbons (Fsp3) is 0.400. The molecule has 4 heteroatoms. The van der Waals surface area contributed by atoms with Gasteiger partial charge in [0.25, 0.3) is 0 Å². The van der Waals surface area contributed by atoms with E-state index in [2.05, 4.69) is 21.0 Å². The predicted molar refractivity (Wildman–Crippen MR) is 46.2 cm³/mol. The average molecular weight is 256 g/mol. The van der Waals surface area contributed by atoms with Gasteiger partial charge in [0.1, 0.15) is 0 Å². The van der Waals surface area contributed by atoms with Crippen molar-refractivity contribution < 1.29 is 0 Å². The summed E-state index contributed by atoms with van der Waals surface area (Å²) in [6.45, 7) is 0. The van der Waals surface area contributed by atoms with E-state index >= 15 is 0 Å². The minimum atomic E-state index is 0. The highest BCUT2D eigenvalue weighted by atomic mass is 79.9. The lowest BCUT2D eigenvalue weighted by Gasteiger charge is -1.91. The summed E-state index contributed by atoms with van der Waals surface area (Å²) in [5.74, 6) is 0. The molecule has 0 amide bonds. The molecule has 0 saturated carbocycles. The van der Waals surface area contributed by atoms with Crippen molar-refractivity contribution in [3.63, 3.8) is 0 Å². The molecule has 0 radical (unpaired) electrons. The summed E-state index contributed by atoms with van der Waals surface area (Å²) in [5.41, 5.74) is 1.20. The van der Waals surface area contributed by atoms with Gasteiger partial charge in [0.15, 0.2) is 0 Å². The molecule has 0 saturated heterocycles. The number of hydrogen-bond acceptors (Lipinski definition) is 1. The van der Waals surface area contributed by atoms with Crippen molar-refractivity contribution in [1.82, 2.24) is 9.78 Å². The van der Waals surface area contributed by atoms with Crippen LogP contribution >= 0.6 is 32.9 Å². The zero-order valence-electron chi connectivity index (χ0n) is 5.04. The number of rotatable bonds is 1. The Morgan fingerprint density at radius 3 is 2.67 bits per heavy atom. The second kappa shape index (κ2) is 4.06. The number of aromatic nitrogens is 2. The topological polar surface area (TPSA) is 17.8 Å². The highest BCUT2D eigenvalue weighted by Crippen LogP contribution is 2.00. The van der Waals surface area contributed by atoms with E-state index in [1.165, 1.54) is 5.69 Å². The molecule has 0 fully saturated rings. The number of alkyl halides is 1. The van der Waals surface area contributed by atoms with Crippen LogP contribution in [0, 0.1) is 0 Å². The van der Waals surface area contributed by atoms with Gasteiger partial charge in [-0.1, -0.05) is 15.9 Å². The van der Waals surface area contributed by atoms with Crippen molar-refractivity contribution in [2.75, 3.05) is 0 Å². The van der Waals surface area contributed by atoms with Crippen molar-refractivity contribution >= 4 is 32.9 Å². The van der Waals surface area contributed by atoms with Gasteiger partial charge in [-0.2, -0.15) is 5.10 Å². The fourth-order valence-electron chi connectivity index (χ4n) is 0.532. The average Bonchev–Trinajstić information content (AvgIpc) is 2.14. The number of halogens is 2. The molecule has 0 unspecified atom stereocenters. The zero-order chi connectivity index (χ0) is 5.98. The largest absolute Gasteiger partial charge is 0.272 e. The SMILES string of the molecule is Br.Cn1nccc1CBr. The second-order valence-electron chi connectivity index (χ2n) is 1.58. The minimum Gasteiger partial charge on any atom is -0.272 e. The Kier molecular flexibility index (Phi) is 4.14. The van der Waals surface area contributed by atoms with Crippen LogP contribution in [0.25, 0.3) is 0 Å². The van der Waals surface area contributed by atoms with E-state index in [-0.39, 0.29) is 17.0 Å². The van der Waals surface area contributed by atoms with Gasteiger partial charge in [-0.15, -0.1) is 17.0 Å². The molecular weight excluding hydrogens is 248 g/mol. The first-order valence-electron chi connectivity index (χ1n) is 2.37. The Morgan fingerprint density at radius 2 is 2.44 bits per heavy atom. The van der Waals surface area contributed by atoms with Crippen molar-refractivity contribution in [3.05, 3.63) is 18.0 Å². The first-order chi connectivity index (χ1) is 3.84. The summed E-state index contributed by atoms with van der Waals surface area (Å²) >= 11 is 3.33. The summed E-state index contributed by atoms with van der Waals surface area (Å²) in [6, 6.07) is 1.98. The lowest BCUT2D eigenvalue weighted by molar-refractivity contribution is 0.737. The van der Waals surface area contributed by atoms with Crippen LogP contribution in [0.2, 0.25) is 0 Å². The van der Waals surface area contributed by atoms with Crippen LogP contribution in [-0.4, -0.2) is 9.78 Å². The molecule has 1 aromatic rings. The maximum atomic E-state index is 3.97. The molecule has 9 heavy (non-hydrogen) atoms. The number of nitrogens with zero attached hydrogens (tertiary/aromatic N) is 2. The molecule has 0 N–H and O–H groups in total. The minimum absolute atomic E-state index is 0. The van der Waals surface area contributed by atoms with Gasteiger partial charge in [0.2, 0.25) is 0 Å².